The molecule has 0 spiro atoms. The minimum absolute atomic E-state index is 0.146. The van der Waals surface area contributed by atoms with Gasteiger partial charge in [-0.15, -0.1) is 0 Å². The fraction of sp³-hybridized carbons (Fsp3) is 0.938. The summed E-state index contributed by atoms with van der Waals surface area (Å²) in [6.45, 7) is 6.79. The van der Waals surface area contributed by atoms with E-state index in [2.05, 4.69) is 36.0 Å². The summed E-state index contributed by atoms with van der Waals surface area (Å²) in [7, 11) is 2.21. The van der Waals surface area contributed by atoms with Crippen molar-refractivity contribution in [1.82, 2.24) is 15.1 Å². The Hall–Kier alpha value is -0.650. The topological polar surface area (TPSA) is 61.6 Å². The third kappa shape index (κ3) is 2.96. The van der Waals surface area contributed by atoms with E-state index < -0.39 is 5.54 Å². The first-order valence-electron chi connectivity index (χ1n) is 8.45. The molecular weight excluding hydrogens is 264 g/mol. The Bertz CT molecular complexity index is 399. The van der Waals surface area contributed by atoms with Crippen molar-refractivity contribution in [1.29, 1.82) is 0 Å². The lowest BCUT2D eigenvalue weighted by Crippen LogP contribution is -2.59. The van der Waals surface area contributed by atoms with Gasteiger partial charge in [0.25, 0.3) is 0 Å². The highest BCUT2D eigenvalue weighted by molar-refractivity contribution is 5.85. The molecule has 0 bridgehead atoms. The number of rotatable bonds is 4. The first kappa shape index (κ1) is 15.3. The molecule has 1 saturated heterocycles. The summed E-state index contributed by atoms with van der Waals surface area (Å²) in [5.74, 6) is -0.146. The van der Waals surface area contributed by atoms with Crippen molar-refractivity contribution in [3.63, 3.8) is 0 Å². The largest absolute Gasteiger partial charge is 0.368 e. The zero-order valence-electron chi connectivity index (χ0n) is 13.6. The fourth-order valence-electron chi connectivity index (χ4n) is 4.12. The first-order valence-corrected chi connectivity index (χ1v) is 8.45. The standard InChI is InChI=1S/C16H30N4O/c1-11-9-20(10-12(2)19(11)3)14-6-7-16(8-14,15(17)21)18-13-4-5-13/h11-14,18H,4-10H2,1-3H3,(H2,17,21). The molecule has 1 amide bonds. The average molecular weight is 294 g/mol. The predicted octanol–water partition coefficient (Wildman–Crippen LogP) is 0.539. The molecule has 4 unspecified atom stereocenters. The molecule has 3 aliphatic rings. The van der Waals surface area contributed by atoms with Gasteiger partial charge in [0.05, 0.1) is 5.54 Å². The van der Waals surface area contributed by atoms with Crippen LogP contribution < -0.4 is 11.1 Å². The molecule has 3 fully saturated rings. The number of likely N-dealkylation sites (N-methyl/N-ethyl adjacent to an activating group) is 1. The van der Waals surface area contributed by atoms with Crippen LogP contribution in [0.5, 0.6) is 0 Å². The summed E-state index contributed by atoms with van der Waals surface area (Å²) in [4.78, 5) is 17.1. The van der Waals surface area contributed by atoms with Crippen molar-refractivity contribution in [2.45, 2.75) is 75.7 Å². The Morgan fingerprint density at radius 2 is 1.81 bits per heavy atom. The van der Waals surface area contributed by atoms with Gasteiger partial charge in [-0.05, 0) is 53.0 Å². The lowest BCUT2D eigenvalue weighted by Gasteiger charge is -2.45. The Labute approximate surface area is 128 Å². The first-order chi connectivity index (χ1) is 9.91. The van der Waals surface area contributed by atoms with Crippen LogP contribution in [0.25, 0.3) is 0 Å². The number of nitrogens with one attached hydrogen (secondary N) is 1. The van der Waals surface area contributed by atoms with E-state index in [0.29, 0.717) is 24.2 Å². The minimum Gasteiger partial charge on any atom is -0.368 e. The van der Waals surface area contributed by atoms with E-state index in [1.165, 1.54) is 12.8 Å². The van der Waals surface area contributed by atoms with Crippen LogP contribution in [0.4, 0.5) is 0 Å². The van der Waals surface area contributed by atoms with Gasteiger partial charge in [0.15, 0.2) is 0 Å². The average Bonchev–Trinajstić information content (AvgIpc) is 3.12. The molecule has 3 N–H and O–H groups in total. The van der Waals surface area contributed by atoms with Crippen molar-refractivity contribution >= 4 is 5.91 Å². The van der Waals surface area contributed by atoms with E-state index in [0.717, 1.165) is 32.4 Å². The monoisotopic (exact) mass is 294 g/mol. The predicted molar refractivity (Wildman–Crippen MR) is 84.0 cm³/mol. The normalized spacial score (nSPS) is 42.3. The number of amides is 1. The molecule has 1 aliphatic heterocycles. The second kappa shape index (κ2) is 5.52. The van der Waals surface area contributed by atoms with Crippen LogP contribution in [0.1, 0.15) is 46.0 Å². The highest BCUT2D eigenvalue weighted by Gasteiger charge is 2.48. The zero-order chi connectivity index (χ0) is 15.2. The van der Waals surface area contributed by atoms with E-state index in [9.17, 15) is 4.79 Å². The van der Waals surface area contributed by atoms with Crippen molar-refractivity contribution in [2.24, 2.45) is 5.73 Å². The summed E-state index contributed by atoms with van der Waals surface area (Å²) in [6, 6.07) is 2.19. The number of nitrogens with zero attached hydrogens (tertiary/aromatic N) is 2. The minimum atomic E-state index is -0.443. The molecular formula is C16H30N4O. The van der Waals surface area contributed by atoms with Crippen LogP contribution >= 0.6 is 0 Å². The second-order valence-electron chi connectivity index (χ2n) is 7.58. The van der Waals surface area contributed by atoms with Crippen molar-refractivity contribution in [2.75, 3.05) is 20.1 Å². The van der Waals surface area contributed by atoms with Crippen LogP contribution in [-0.2, 0) is 4.79 Å². The van der Waals surface area contributed by atoms with Gasteiger partial charge in [0.2, 0.25) is 5.91 Å². The quantitative estimate of drug-likeness (QED) is 0.794. The number of carbonyl (C=O) groups excluding carboxylic acids is 1. The van der Waals surface area contributed by atoms with Gasteiger partial charge in [-0.1, -0.05) is 0 Å². The maximum atomic E-state index is 12.0. The molecule has 1 heterocycles. The molecule has 5 nitrogen and oxygen atoms in total. The van der Waals surface area contributed by atoms with Crippen LogP contribution in [0.15, 0.2) is 0 Å². The molecule has 0 aromatic carbocycles. The Balaban J connectivity index is 1.66. The van der Waals surface area contributed by atoms with Crippen LogP contribution in [0.2, 0.25) is 0 Å². The molecule has 2 aliphatic carbocycles. The maximum absolute atomic E-state index is 12.0. The van der Waals surface area contributed by atoms with Gasteiger partial charge < -0.3 is 11.1 Å². The van der Waals surface area contributed by atoms with Crippen LogP contribution in [0.3, 0.4) is 0 Å². The molecule has 5 heteroatoms. The smallest absolute Gasteiger partial charge is 0.237 e. The zero-order valence-corrected chi connectivity index (χ0v) is 13.6. The third-order valence-electron chi connectivity index (χ3n) is 5.92. The van der Waals surface area contributed by atoms with Gasteiger partial charge in [-0.25, -0.2) is 0 Å². The number of hydrogen-bond acceptors (Lipinski definition) is 4. The maximum Gasteiger partial charge on any atom is 0.237 e. The summed E-state index contributed by atoms with van der Waals surface area (Å²) in [5, 5.41) is 3.55. The van der Waals surface area contributed by atoms with Gasteiger partial charge in [0, 0.05) is 37.3 Å². The van der Waals surface area contributed by atoms with Gasteiger partial charge in [-0.2, -0.15) is 0 Å². The Morgan fingerprint density at radius 3 is 2.33 bits per heavy atom. The Kier molecular flexibility index (Phi) is 4.01. The molecule has 3 rings (SSSR count). The SMILES string of the molecule is CC1CN(C2CCC(NC3CC3)(C(N)=O)C2)CC(C)N1C. The number of carbonyl (C=O) groups is 1. The third-order valence-corrected chi connectivity index (χ3v) is 5.92. The lowest BCUT2D eigenvalue weighted by molar-refractivity contribution is -0.124. The van der Waals surface area contributed by atoms with Crippen molar-refractivity contribution in [3.8, 4) is 0 Å². The molecule has 2 saturated carbocycles. The Morgan fingerprint density at radius 1 is 1.19 bits per heavy atom. The number of piperazine rings is 1. The fourth-order valence-corrected chi connectivity index (χ4v) is 4.12. The summed E-state index contributed by atoms with van der Waals surface area (Å²) in [6.07, 6.45) is 5.27. The van der Waals surface area contributed by atoms with Gasteiger partial charge in [-0.3, -0.25) is 14.6 Å². The van der Waals surface area contributed by atoms with Gasteiger partial charge >= 0.3 is 0 Å². The summed E-state index contributed by atoms with van der Waals surface area (Å²) < 4.78 is 0. The number of primary amides is 1. The van der Waals surface area contributed by atoms with E-state index >= 15 is 0 Å². The number of hydrogen-bond donors (Lipinski definition) is 2. The molecule has 0 radical (unpaired) electrons. The van der Waals surface area contributed by atoms with E-state index in [1.807, 2.05) is 0 Å². The van der Waals surface area contributed by atoms with Crippen LogP contribution in [0, 0.1) is 0 Å². The lowest BCUT2D eigenvalue weighted by atomic mass is 9.95. The van der Waals surface area contributed by atoms with Crippen molar-refractivity contribution in [3.05, 3.63) is 0 Å². The highest BCUT2D eigenvalue weighted by Crippen LogP contribution is 2.37. The molecule has 0 aromatic heterocycles. The van der Waals surface area contributed by atoms with Crippen LogP contribution in [-0.4, -0.2) is 65.6 Å². The summed E-state index contributed by atoms with van der Waals surface area (Å²) >= 11 is 0. The van der Waals surface area contributed by atoms with Crippen molar-refractivity contribution < 1.29 is 4.79 Å². The second-order valence-corrected chi connectivity index (χ2v) is 7.58. The van der Waals surface area contributed by atoms with E-state index in [1.54, 1.807) is 0 Å². The molecule has 21 heavy (non-hydrogen) atoms. The molecule has 4 atom stereocenters. The van der Waals surface area contributed by atoms with E-state index in [4.69, 9.17) is 5.73 Å². The van der Waals surface area contributed by atoms with E-state index in [-0.39, 0.29) is 5.91 Å². The molecule has 120 valence electrons. The molecule has 0 aromatic rings. The van der Waals surface area contributed by atoms with Gasteiger partial charge in [0.1, 0.15) is 0 Å². The number of nitrogens with two attached hydrogens (primary N) is 1. The summed E-state index contributed by atoms with van der Waals surface area (Å²) in [5.41, 5.74) is 5.31. The highest BCUT2D eigenvalue weighted by atomic mass is 16.1.